The van der Waals surface area contributed by atoms with E-state index in [0.29, 0.717) is 17.2 Å². The third-order valence-corrected chi connectivity index (χ3v) is 2.65. The zero-order valence-corrected chi connectivity index (χ0v) is 9.87. The maximum atomic E-state index is 5.93. The van der Waals surface area contributed by atoms with Gasteiger partial charge in [-0.3, -0.25) is 9.67 Å². The molecule has 3 rings (SSSR count). The highest BCUT2D eigenvalue weighted by Gasteiger charge is 2.09. The molecule has 3 aromatic rings. The van der Waals surface area contributed by atoms with Crippen molar-refractivity contribution in [2.24, 2.45) is 7.05 Å². The Bertz CT molecular complexity index is 705. The van der Waals surface area contributed by atoms with Gasteiger partial charge < -0.3 is 10.5 Å². The first-order valence-corrected chi connectivity index (χ1v) is 5.54. The number of aromatic nitrogens is 3. The Morgan fingerprint density at radius 2 is 2.06 bits per heavy atom. The summed E-state index contributed by atoms with van der Waals surface area (Å²) in [5.74, 6) is 1.27. The lowest BCUT2D eigenvalue weighted by atomic mass is 10.2. The van der Waals surface area contributed by atoms with Gasteiger partial charge in [0.1, 0.15) is 0 Å². The first-order valence-electron chi connectivity index (χ1n) is 5.54. The van der Waals surface area contributed by atoms with Crippen LogP contribution in [-0.4, -0.2) is 14.8 Å². The standard InChI is InChI=1S/C13H12N4O/c1-17-8-9(6-16-17)18-13-10-4-2-3-5-12(10)15-7-11(13)14/h2-8H,14H2,1H3. The molecule has 5 nitrogen and oxygen atoms in total. The summed E-state index contributed by atoms with van der Waals surface area (Å²) < 4.78 is 7.47. The van der Waals surface area contributed by atoms with Gasteiger partial charge in [0, 0.05) is 12.4 Å². The monoisotopic (exact) mass is 240 g/mol. The summed E-state index contributed by atoms with van der Waals surface area (Å²) in [5.41, 5.74) is 7.29. The summed E-state index contributed by atoms with van der Waals surface area (Å²) >= 11 is 0. The SMILES string of the molecule is Cn1cc(Oc2c(N)cnc3ccccc23)cn1. The van der Waals surface area contributed by atoms with E-state index in [0.717, 1.165) is 10.9 Å². The molecule has 0 aliphatic carbocycles. The average molecular weight is 240 g/mol. The number of nitrogens with two attached hydrogens (primary N) is 1. The third kappa shape index (κ3) is 1.75. The number of ether oxygens (including phenoxy) is 1. The van der Waals surface area contributed by atoms with Crippen molar-refractivity contribution in [2.45, 2.75) is 0 Å². The minimum absolute atomic E-state index is 0.512. The van der Waals surface area contributed by atoms with E-state index < -0.39 is 0 Å². The molecule has 0 saturated carbocycles. The van der Waals surface area contributed by atoms with E-state index in [9.17, 15) is 0 Å². The molecule has 0 bridgehead atoms. The molecular formula is C13H12N4O. The fraction of sp³-hybridized carbons (Fsp3) is 0.0769. The number of fused-ring (bicyclic) bond motifs is 1. The Balaban J connectivity index is 2.12. The molecule has 5 heteroatoms. The number of pyridine rings is 1. The maximum Gasteiger partial charge on any atom is 0.165 e. The summed E-state index contributed by atoms with van der Waals surface area (Å²) in [5, 5.41) is 4.95. The molecule has 0 unspecified atom stereocenters. The molecule has 0 aliphatic rings. The van der Waals surface area contributed by atoms with Crippen molar-refractivity contribution >= 4 is 16.6 Å². The highest BCUT2D eigenvalue weighted by Crippen LogP contribution is 2.33. The van der Waals surface area contributed by atoms with Crippen molar-refractivity contribution in [3.63, 3.8) is 0 Å². The average Bonchev–Trinajstić information content (AvgIpc) is 2.79. The Hall–Kier alpha value is -2.56. The second-order valence-corrected chi connectivity index (χ2v) is 4.01. The molecule has 1 aromatic carbocycles. The van der Waals surface area contributed by atoms with Crippen LogP contribution in [-0.2, 0) is 7.05 Å². The predicted octanol–water partition coefficient (Wildman–Crippen LogP) is 2.34. The van der Waals surface area contributed by atoms with Crippen molar-refractivity contribution in [1.29, 1.82) is 0 Å². The zero-order valence-electron chi connectivity index (χ0n) is 9.87. The summed E-state index contributed by atoms with van der Waals surface area (Å²) in [6.45, 7) is 0. The molecule has 0 saturated heterocycles. The van der Waals surface area contributed by atoms with Gasteiger partial charge in [0.2, 0.25) is 0 Å². The maximum absolute atomic E-state index is 5.93. The van der Waals surface area contributed by atoms with Crippen molar-refractivity contribution in [2.75, 3.05) is 5.73 Å². The molecule has 18 heavy (non-hydrogen) atoms. The van der Waals surface area contributed by atoms with Crippen LogP contribution in [0.2, 0.25) is 0 Å². The van der Waals surface area contributed by atoms with E-state index in [4.69, 9.17) is 10.5 Å². The summed E-state index contributed by atoms with van der Waals surface area (Å²) in [6, 6.07) is 7.72. The lowest BCUT2D eigenvalue weighted by Gasteiger charge is -2.09. The number of anilines is 1. The lowest BCUT2D eigenvalue weighted by molar-refractivity contribution is 0.489. The molecule has 0 fully saturated rings. The molecule has 0 amide bonds. The summed E-state index contributed by atoms with van der Waals surface area (Å²) in [6.07, 6.45) is 5.04. The molecule has 0 atom stereocenters. The topological polar surface area (TPSA) is 66.0 Å². The Labute approximate surface area is 104 Å². The van der Waals surface area contributed by atoms with E-state index in [1.54, 1.807) is 23.3 Å². The van der Waals surface area contributed by atoms with E-state index in [2.05, 4.69) is 10.1 Å². The molecule has 2 aromatic heterocycles. The van der Waals surface area contributed by atoms with Crippen molar-refractivity contribution in [3.05, 3.63) is 42.9 Å². The van der Waals surface area contributed by atoms with Crippen LogP contribution < -0.4 is 10.5 Å². The third-order valence-electron chi connectivity index (χ3n) is 2.65. The fourth-order valence-corrected chi connectivity index (χ4v) is 1.81. The minimum Gasteiger partial charge on any atom is -0.451 e. The van der Waals surface area contributed by atoms with Crippen molar-refractivity contribution in [1.82, 2.24) is 14.8 Å². The first-order chi connectivity index (χ1) is 8.74. The van der Waals surface area contributed by atoms with E-state index in [1.807, 2.05) is 31.3 Å². The van der Waals surface area contributed by atoms with Crippen molar-refractivity contribution in [3.8, 4) is 11.5 Å². The Morgan fingerprint density at radius 3 is 2.83 bits per heavy atom. The van der Waals surface area contributed by atoms with Gasteiger partial charge in [0.15, 0.2) is 11.5 Å². The molecule has 0 spiro atoms. The van der Waals surface area contributed by atoms with Gasteiger partial charge in [0.25, 0.3) is 0 Å². The van der Waals surface area contributed by atoms with Crippen LogP contribution in [0.1, 0.15) is 0 Å². The smallest absolute Gasteiger partial charge is 0.165 e. The second kappa shape index (κ2) is 4.03. The van der Waals surface area contributed by atoms with Crippen LogP contribution >= 0.6 is 0 Å². The zero-order chi connectivity index (χ0) is 12.5. The number of hydrogen-bond acceptors (Lipinski definition) is 4. The second-order valence-electron chi connectivity index (χ2n) is 4.01. The number of benzene rings is 1. The summed E-state index contributed by atoms with van der Waals surface area (Å²) in [4.78, 5) is 4.26. The van der Waals surface area contributed by atoms with Gasteiger partial charge in [-0.15, -0.1) is 0 Å². The van der Waals surface area contributed by atoms with Crippen LogP contribution in [0.5, 0.6) is 11.5 Å². The minimum atomic E-state index is 0.512. The normalized spacial score (nSPS) is 10.7. The highest BCUT2D eigenvalue weighted by molar-refractivity contribution is 5.89. The van der Waals surface area contributed by atoms with Gasteiger partial charge in [0.05, 0.1) is 29.8 Å². The predicted molar refractivity (Wildman–Crippen MR) is 69.4 cm³/mol. The number of para-hydroxylation sites is 1. The van der Waals surface area contributed by atoms with Crippen molar-refractivity contribution < 1.29 is 4.74 Å². The van der Waals surface area contributed by atoms with Crippen LogP contribution in [0.3, 0.4) is 0 Å². The van der Waals surface area contributed by atoms with E-state index >= 15 is 0 Å². The number of aryl methyl sites for hydroxylation is 1. The van der Waals surface area contributed by atoms with Crippen LogP contribution in [0, 0.1) is 0 Å². The number of rotatable bonds is 2. The molecule has 2 N–H and O–H groups in total. The molecule has 0 aliphatic heterocycles. The largest absolute Gasteiger partial charge is 0.451 e. The highest BCUT2D eigenvalue weighted by atomic mass is 16.5. The number of hydrogen-bond donors (Lipinski definition) is 1. The molecule has 2 heterocycles. The molecule has 0 radical (unpaired) electrons. The first kappa shape index (κ1) is 10.6. The number of nitrogens with zero attached hydrogens (tertiary/aromatic N) is 3. The van der Waals surface area contributed by atoms with E-state index in [1.165, 1.54) is 0 Å². The van der Waals surface area contributed by atoms with Crippen LogP contribution in [0.4, 0.5) is 5.69 Å². The Kier molecular flexibility index (Phi) is 2.37. The van der Waals surface area contributed by atoms with Crippen LogP contribution in [0.25, 0.3) is 10.9 Å². The van der Waals surface area contributed by atoms with Gasteiger partial charge in [-0.2, -0.15) is 5.10 Å². The Morgan fingerprint density at radius 1 is 1.22 bits per heavy atom. The van der Waals surface area contributed by atoms with Gasteiger partial charge >= 0.3 is 0 Å². The quantitative estimate of drug-likeness (QED) is 0.746. The fourth-order valence-electron chi connectivity index (χ4n) is 1.81. The summed E-state index contributed by atoms with van der Waals surface area (Å²) in [7, 11) is 1.83. The molecule has 90 valence electrons. The van der Waals surface area contributed by atoms with E-state index in [-0.39, 0.29) is 0 Å². The molecular weight excluding hydrogens is 228 g/mol. The van der Waals surface area contributed by atoms with Gasteiger partial charge in [-0.05, 0) is 12.1 Å². The van der Waals surface area contributed by atoms with Gasteiger partial charge in [-0.1, -0.05) is 12.1 Å². The number of nitrogen functional groups attached to an aromatic ring is 1. The van der Waals surface area contributed by atoms with Crippen LogP contribution in [0.15, 0.2) is 42.9 Å². The van der Waals surface area contributed by atoms with Gasteiger partial charge in [-0.25, -0.2) is 0 Å². The lowest BCUT2D eigenvalue weighted by Crippen LogP contribution is -1.94.